The van der Waals surface area contributed by atoms with Crippen LogP contribution in [0.5, 0.6) is 0 Å². The number of fused-ring (bicyclic) bond motifs is 1. The predicted octanol–water partition coefficient (Wildman–Crippen LogP) is 4.04. The number of nitrogens with one attached hydrogen (secondary N) is 1. The zero-order chi connectivity index (χ0) is 18.1. The Morgan fingerprint density at radius 3 is 2.46 bits per heavy atom. The van der Waals surface area contributed by atoms with E-state index in [1.807, 2.05) is 35.4 Å². The van der Waals surface area contributed by atoms with Gasteiger partial charge in [0.2, 0.25) is 0 Å². The molecule has 1 aromatic heterocycles. The summed E-state index contributed by atoms with van der Waals surface area (Å²) in [7, 11) is 0. The second-order valence-corrected chi connectivity index (χ2v) is 6.69. The van der Waals surface area contributed by atoms with Gasteiger partial charge < -0.3 is 9.88 Å². The largest absolute Gasteiger partial charge is 0.361 e. The average Bonchev–Trinajstić information content (AvgIpc) is 3.16. The van der Waals surface area contributed by atoms with Gasteiger partial charge in [0.05, 0.1) is 11.1 Å². The summed E-state index contributed by atoms with van der Waals surface area (Å²) in [6.07, 6.45) is 3.08. The van der Waals surface area contributed by atoms with Gasteiger partial charge in [-0.05, 0) is 49.2 Å². The van der Waals surface area contributed by atoms with Gasteiger partial charge in [0, 0.05) is 36.2 Å². The molecular formula is C21H19FN2O2. The summed E-state index contributed by atoms with van der Waals surface area (Å²) in [6.45, 7) is 1.10. The molecule has 2 heterocycles. The molecule has 0 saturated carbocycles. The molecule has 1 amide bonds. The molecule has 0 bridgehead atoms. The van der Waals surface area contributed by atoms with E-state index in [1.54, 1.807) is 0 Å². The van der Waals surface area contributed by atoms with E-state index in [-0.39, 0.29) is 23.4 Å². The van der Waals surface area contributed by atoms with Crippen LogP contribution >= 0.6 is 0 Å². The van der Waals surface area contributed by atoms with Gasteiger partial charge in [-0.15, -0.1) is 0 Å². The summed E-state index contributed by atoms with van der Waals surface area (Å²) < 4.78 is 13.0. The molecule has 26 heavy (non-hydrogen) atoms. The van der Waals surface area contributed by atoms with Crippen LogP contribution in [0, 0.1) is 11.7 Å². The molecule has 2 aromatic carbocycles. The fourth-order valence-electron chi connectivity index (χ4n) is 3.63. The van der Waals surface area contributed by atoms with Crippen LogP contribution in [0.25, 0.3) is 10.9 Å². The molecule has 132 valence electrons. The van der Waals surface area contributed by atoms with E-state index in [0.29, 0.717) is 37.1 Å². The van der Waals surface area contributed by atoms with Crippen LogP contribution in [-0.4, -0.2) is 34.7 Å². The summed E-state index contributed by atoms with van der Waals surface area (Å²) in [5.74, 6) is -0.444. The molecule has 1 saturated heterocycles. The highest BCUT2D eigenvalue weighted by Gasteiger charge is 2.29. The van der Waals surface area contributed by atoms with Crippen molar-refractivity contribution in [3.05, 3.63) is 71.7 Å². The van der Waals surface area contributed by atoms with E-state index < -0.39 is 0 Å². The van der Waals surface area contributed by atoms with E-state index in [9.17, 15) is 14.0 Å². The molecule has 0 atom stereocenters. The highest BCUT2D eigenvalue weighted by Crippen LogP contribution is 2.25. The number of carbonyl (C=O) groups excluding carboxylic acids is 2. The Bertz CT molecular complexity index is 954. The van der Waals surface area contributed by atoms with Crippen LogP contribution in [0.2, 0.25) is 0 Å². The molecule has 1 aliphatic heterocycles. The Balaban J connectivity index is 1.45. The lowest BCUT2D eigenvalue weighted by atomic mass is 9.88. The van der Waals surface area contributed by atoms with E-state index in [4.69, 9.17) is 0 Å². The Morgan fingerprint density at radius 1 is 1.00 bits per heavy atom. The number of hydrogen-bond acceptors (Lipinski definition) is 2. The molecule has 1 fully saturated rings. The summed E-state index contributed by atoms with van der Waals surface area (Å²) in [4.78, 5) is 30.4. The fraction of sp³-hybridized carbons (Fsp3) is 0.238. The van der Waals surface area contributed by atoms with Crippen molar-refractivity contribution < 1.29 is 14.0 Å². The first-order valence-corrected chi connectivity index (χ1v) is 8.78. The standard InChI is InChI=1S/C21H19FN2O2/c22-17-6-4-15(5-7-17)20(25)16-9-12-24(13-10-16)21(26)18-3-1-2-14-8-11-23-19(14)18/h1-8,11,16,23H,9-10,12-13H2. The minimum atomic E-state index is -0.347. The Hall–Kier alpha value is -2.95. The van der Waals surface area contributed by atoms with Gasteiger partial charge >= 0.3 is 0 Å². The second kappa shape index (κ2) is 6.75. The van der Waals surface area contributed by atoms with Gasteiger partial charge in [-0.1, -0.05) is 12.1 Å². The van der Waals surface area contributed by atoms with Crippen molar-refractivity contribution in [2.75, 3.05) is 13.1 Å². The normalized spacial score (nSPS) is 15.3. The summed E-state index contributed by atoms with van der Waals surface area (Å²) in [5.41, 5.74) is 2.05. The molecule has 0 unspecified atom stereocenters. The SMILES string of the molecule is O=C(c1ccc(F)cc1)C1CCN(C(=O)c2cccc3cc[nH]c23)CC1. The maximum absolute atomic E-state index is 13.0. The number of halogens is 1. The van der Waals surface area contributed by atoms with Gasteiger partial charge in [0.15, 0.2) is 5.78 Å². The fourth-order valence-corrected chi connectivity index (χ4v) is 3.63. The number of piperidine rings is 1. The third-order valence-corrected chi connectivity index (χ3v) is 5.10. The minimum absolute atomic E-state index is 0.00858. The van der Waals surface area contributed by atoms with Crippen LogP contribution in [0.1, 0.15) is 33.6 Å². The zero-order valence-corrected chi connectivity index (χ0v) is 14.2. The van der Waals surface area contributed by atoms with Crippen molar-refractivity contribution in [2.24, 2.45) is 5.92 Å². The molecular weight excluding hydrogens is 331 g/mol. The number of benzene rings is 2. The van der Waals surface area contributed by atoms with Crippen LogP contribution in [-0.2, 0) is 0 Å². The van der Waals surface area contributed by atoms with Crippen molar-refractivity contribution in [3.8, 4) is 0 Å². The number of para-hydroxylation sites is 1. The second-order valence-electron chi connectivity index (χ2n) is 6.69. The number of Topliss-reactive ketones (excluding diaryl/α,β-unsaturated/α-hetero) is 1. The van der Waals surface area contributed by atoms with E-state index in [2.05, 4.69) is 4.98 Å². The third kappa shape index (κ3) is 3.01. The highest BCUT2D eigenvalue weighted by molar-refractivity contribution is 6.06. The Labute approximate surface area is 150 Å². The Morgan fingerprint density at radius 2 is 1.73 bits per heavy atom. The number of likely N-dealkylation sites (tertiary alicyclic amines) is 1. The lowest BCUT2D eigenvalue weighted by Gasteiger charge is -2.31. The quantitative estimate of drug-likeness (QED) is 0.725. The van der Waals surface area contributed by atoms with Gasteiger partial charge in [0.1, 0.15) is 5.82 Å². The molecule has 0 spiro atoms. The highest BCUT2D eigenvalue weighted by atomic mass is 19.1. The van der Waals surface area contributed by atoms with Crippen LogP contribution in [0.4, 0.5) is 4.39 Å². The molecule has 0 aliphatic carbocycles. The first kappa shape index (κ1) is 16.5. The molecule has 0 radical (unpaired) electrons. The lowest BCUT2D eigenvalue weighted by Crippen LogP contribution is -2.40. The van der Waals surface area contributed by atoms with Gasteiger partial charge in [-0.2, -0.15) is 0 Å². The lowest BCUT2D eigenvalue weighted by molar-refractivity contribution is 0.0651. The van der Waals surface area contributed by atoms with Crippen molar-refractivity contribution >= 4 is 22.6 Å². The average molecular weight is 350 g/mol. The van der Waals surface area contributed by atoms with Crippen molar-refractivity contribution in [3.63, 3.8) is 0 Å². The zero-order valence-electron chi connectivity index (χ0n) is 14.2. The number of aromatic nitrogens is 1. The smallest absolute Gasteiger partial charge is 0.255 e. The Kier molecular flexibility index (Phi) is 4.29. The molecule has 1 N–H and O–H groups in total. The number of rotatable bonds is 3. The minimum Gasteiger partial charge on any atom is -0.361 e. The molecule has 3 aromatic rings. The van der Waals surface area contributed by atoms with Gasteiger partial charge in [-0.3, -0.25) is 9.59 Å². The number of amides is 1. The van der Waals surface area contributed by atoms with Crippen LogP contribution < -0.4 is 0 Å². The first-order valence-electron chi connectivity index (χ1n) is 8.78. The summed E-state index contributed by atoms with van der Waals surface area (Å²) >= 11 is 0. The van der Waals surface area contributed by atoms with Crippen LogP contribution in [0.3, 0.4) is 0 Å². The summed E-state index contributed by atoms with van der Waals surface area (Å²) in [5, 5.41) is 1.01. The number of H-pyrrole nitrogens is 1. The predicted molar refractivity (Wildman–Crippen MR) is 97.7 cm³/mol. The van der Waals surface area contributed by atoms with Gasteiger partial charge in [0.25, 0.3) is 5.91 Å². The maximum atomic E-state index is 13.0. The van der Waals surface area contributed by atoms with Gasteiger partial charge in [-0.25, -0.2) is 4.39 Å². The van der Waals surface area contributed by atoms with Crippen molar-refractivity contribution in [1.29, 1.82) is 0 Å². The topological polar surface area (TPSA) is 53.2 Å². The molecule has 4 nitrogen and oxygen atoms in total. The van der Waals surface area contributed by atoms with Crippen molar-refractivity contribution in [2.45, 2.75) is 12.8 Å². The monoisotopic (exact) mass is 350 g/mol. The molecule has 5 heteroatoms. The number of hydrogen-bond donors (Lipinski definition) is 1. The number of aromatic amines is 1. The summed E-state index contributed by atoms with van der Waals surface area (Å²) in [6, 6.07) is 13.3. The van der Waals surface area contributed by atoms with Crippen molar-refractivity contribution in [1.82, 2.24) is 9.88 Å². The first-order chi connectivity index (χ1) is 12.6. The van der Waals surface area contributed by atoms with E-state index in [0.717, 1.165) is 10.9 Å². The third-order valence-electron chi connectivity index (χ3n) is 5.10. The number of ketones is 1. The van der Waals surface area contributed by atoms with E-state index >= 15 is 0 Å². The molecule has 1 aliphatic rings. The number of carbonyl (C=O) groups is 2. The van der Waals surface area contributed by atoms with E-state index in [1.165, 1.54) is 24.3 Å². The van der Waals surface area contributed by atoms with Crippen LogP contribution in [0.15, 0.2) is 54.7 Å². The number of nitrogens with zero attached hydrogens (tertiary/aromatic N) is 1. The maximum Gasteiger partial charge on any atom is 0.255 e. The molecule has 4 rings (SSSR count).